The summed E-state index contributed by atoms with van der Waals surface area (Å²) in [6.45, 7) is 1.21. The maximum atomic E-state index is 11.5. The second kappa shape index (κ2) is 5.26. The van der Waals surface area contributed by atoms with Gasteiger partial charge in [-0.15, -0.1) is 0 Å². The first kappa shape index (κ1) is 12.9. The third kappa shape index (κ3) is 3.42. The summed E-state index contributed by atoms with van der Waals surface area (Å²) in [6, 6.07) is 2.88. The first-order valence-corrected chi connectivity index (χ1v) is 4.81. The van der Waals surface area contributed by atoms with Crippen LogP contribution in [0.4, 0.5) is 0 Å². The van der Waals surface area contributed by atoms with E-state index in [0.29, 0.717) is 5.69 Å². The number of aliphatic carboxylic acids is 1. The van der Waals surface area contributed by atoms with Gasteiger partial charge in [0.25, 0.3) is 11.5 Å². The predicted octanol–water partition coefficient (Wildman–Crippen LogP) is -1.14. The first-order valence-electron chi connectivity index (χ1n) is 4.81. The van der Waals surface area contributed by atoms with Crippen LogP contribution in [0.25, 0.3) is 0 Å². The number of amides is 1. The van der Waals surface area contributed by atoms with Gasteiger partial charge in [-0.25, -0.2) is 4.79 Å². The highest BCUT2D eigenvalue weighted by Crippen LogP contribution is 1.93. The van der Waals surface area contributed by atoms with Crippen LogP contribution in [-0.2, 0) is 4.79 Å². The van der Waals surface area contributed by atoms with E-state index in [1.807, 2.05) is 0 Å². The average molecular weight is 240 g/mol. The molecule has 7 heteroatoms. The van der Waals surface area contributed by atoms with Crippen LogP contribution >= 0.6 is 0 Å². The summed E-state index contributed by atoms with van der Waals surface area (Å²) in [4.78, 5) is 35.6. The third-order valence-electron chi connectivity index (χ3n) is 2.04. The van der Waals surface area contributed by atoms with Gasteiger partial charge in [0.1, 0.15) is 5.56 Å². The number of carbonyl (C=O) groups is 2. The maximum absolute atomic E-state index is 11.5. The Morgan fingerprint density at radius 2 is 2.12 bits per heavy atom. The van der Waals surface area contributed by atoms with Gasteiger partial charge in [0.05, 0.1) is 6.54 Å². The van der Waals surface area contributed by atoms with E-state index in [1.165, 1.54) is 6.07 Å². The van der Waals surface area contributed by atoms with Crippen molar-refractivity contribution in [1.82, 2.24) is 10.3 Å². The number of carbonyl (C=O) groups excluding carboxylic acids is 1. The van der Waals surface area contributed by atoms with E-state index in [1.54, 1.807) is 13.0 Å². The molecule has 7 nitrogen and oxygen atoms in total. The van der Waals surface area contributed by atoms with Crippen LogP contribution in [0.3, 0.4) is 0 Å². The minimum Gasteiger partial charge on any atom is -0.479 e. The minimum absolute atomic E-state index is 0.131. The van der Waals surface area contributed by atoms with Crippen LogP contribution in [0.15, 0.2) is 16.9 Å². The number of aromatic amines is 1. The lowest BCUT2D eigenvalue weighted by molar-refractivity contribution is -0.146. The summed E-state index contributed by atoms with van der Waals surface area (Å²) in [7, 11) is 0. The van der Waals surface area contributed by atoms with Crippen molar-refractivity contribution in [2.45, 2.75) is 13.0 Å². The highest BCUT2D eigenvalue weighted by molar-refractivity contribution is 5.94. The summed E-state index contributed by atoms with van der Waals surface area (Å²) >= 11 is 0. The number of hydrogen-bond acceptors (Lipinski definition) is 4. The first-order chi connectivity index (χ1) is 7.91. The summed E-state index contributed by atoms with van der Waals surface area (Å²) in [5.41, 5.74) is -0.0855. The molecule has 1 aromatic rings. The van der Waals surface area contributed by atoms with Gasteiger partial charge in [0, 0.05) is 5.69 Å². The van der Waals surface area contributed by atoms with Gasteiger partial charge in [-0.05, 0) is 19.1 Å². The molecule has 0 spiro atoms. The molecule has 1 amide bonds. The number of H-pyrrole nitrogens is 1. The van der Waals surface area contributed by atoms with E-state index >= 15 is 0 Å². The molecule has 1 atom stereocenters. The Balaban J connectivity index is 2.71. The van der Waals surface area contributed by atoms with E-state index in [-0.39, 0.29) is 5.56 Å². The van der Waals surface area contributed by atoms with Crippen LogP contribution in [0.1, 0.15) is 16.1 Å². The Morgan fingerprint density at radius 1 is 1.47 bits per heavy atom. The average Bonchev–Trinajstić information content (AvgIpc) is 2.25. The zero-order valence-corrected chi connectivity index (χ0v) is 9.06. The third-order valence-corrected chi connectivity index (χ3v) is 2.04. The molecule has 1 heterocycles. The molecule has 0 aliphatic heterocycles. The molecule has 0 aliphatic rings. The number of aromatic nitrogens is 1. The summed E-state index contributed by atoms with van der Waals surface area (Å²) in [5.74, 6) is -2.17. The van der Waals surface area contributed by atoms with Gasteiger partial charge in [0.2, 0.25) is 0 Å². The number of aryl methyl sites for hydroxylation is 1. The molecule has 4 N–H and O–H groups in total. The van der Waals surface area contributed by atoms with E-state index in [2.05, 4.69) is 10.3 Å². The standard InChI is InChI=1S/C10H12N2O5/c1-5-2-3-6(9(15)12-5)8(14)11-4-7(13)10(16)17/h2-3,7,13H,4H2,1H3,(H,11,14)(H,12,15)(H,16,17). The number of aliphatic hydroxyl groups is 1. The van der Waals surface area contributed by atoms with E-state index in [0.717, 1.165) is 0 Å². The summed E-state index contributed by atoms with van der Waals surface area (Å²) in [6.07, 6.45) is -1.69. The van der Waals surface area contributed by atoms with Crippen molar-refractivity contribution in [3.63, 3.8) is 0 Å². The molecule has 1 rings (SSSR count). The number of carboxylic acid groups (broad SMARTS) is 1. The molecule has 1 unspecified atom stereocenters. The zero-order chi connectivity index (χ0) is 13.0. The van der Waals surface area contributed by atoms with Crippen LogP contribution in [0.2, 0.25) is 0 Å². The van der Waals surface area contributed by atoms with Crippen LogP contribution in [0, 0.1) is 6.92 Å². The van der Waals surface area contributed by atoms with Crippen molar-refractivity contribution >= 4 is 11.9 Å². The number of pyridine rings is 1. The Bertz CT molecular complexity index is 494. The van der Waals surface area contributed by atoms with Gasteiger partial charge >= 0.3 is 5.97 Å². The van der Waals surface area contributed by atoms with Gasteiger partial charge < -0.3 is 20.5 Å². The largest absolute Gasteiger partial charge is 0.479 e. The smallest absolute Gasteiger partial charge is 0.334 e. The zero-order valence-electron chi connectivity index (χ0n) is 9.06. The van der Waals surface area contributed by atoms with Crippen molar-refractivity contribution in [3.8, 4) is 0 Å². The highest BCUT2D eigenvalue weighted by atomic mass is 16.4. The number of carboxylic acids is 1. The number of nitrogens with one attached hydrogen (secondary N) is 2. The van der Waals surface area contributed by atoms with Crippen molar-refractivity contribution in [1.29, 1.82) is 0 Å². The molecule has 0 radical (unpaired) electrons. The Labute approximate surface area is 96.1 Å². The Hall–Kier alpha value is -2.15. The second-order valence-electron chi connectivity index (χ2n) is 3.45. The highest BCUT2D eigenvalue weighted by Gasteiger charge is 2.16. The molecule has 0 bridgehead atoms. The fourth-order valence-electron chi connectivity index (χ4n) is 1.12. The normalized spacial score (nSPS) is 11.9. The molecular formula is C10H12N2O5. The lowest BCUT2D eigenvalue weighted by atomic mass is 10.2. The molecular weight excluding hydrogens is 228 g/mol. The van der Waals surface area contributed by atoms with Crippen molar-refractivity contribution in [3.05, 3.63) is 33.7 Å². The topological polar surface area (TPSA) is 119 Å². The molecule has 17 heavy (non-hydrogen) atoms. The van der Waals surface area contributed by atoms with E-state index in [4.69, 9.17) is 10.2 Å². The predicted molar refractivity (Wildman–Crippen MR) is 57.8 cm³/mol. The molecule has 0 aliphatic carbocycles. The number of rotatable bonds is 4. The molecule has 0 fully saturated rings. The van der Waals surface area contributed by atoms with Gasteiger partial charge in [-0.3, -0.25) is 9.59 Å². The SMILES string of the molecule is Cc1ccc(C(=O)NCC(O)C(=O)O)c(=O)[nH]1. The molecule has 92 valence electrons. The fraction of sp³-hybridized carbons (Fsp3) is 0.300. The molecule has 0 saturated heterocycles. The van der Waals surface area contributed by atoms with Crippen molar-refractivity contribution in [2.24, 2.45) is 0 Å². The summed E-state index contributed by atoms with van der Waals surface area (Å²) < 4.78 is 0. The maximum Gasteiger partial charge on any atom is 0.334 e. The Kier molecular flexibility index (Phi) is 4.00. The van der Waals surface area contributed by atoms with Crippen LogP contribution in [0.5, 0.6) is 0 Å². The van der Waals surface area contributed by atoms with Gasteiger partial charge in [0.15, 0.2) is 6.10 Å². The molecule has 1 aromatic heterocycles. The van der Waals surface area contributed by atoms with Crippen LogP contribution in [-0.4, -0.2) is 39.7 Å². The minimum atomic E-state index is -1.69. The Morgan fingerprint density at radius 3 is 2.65 bits per heavy atom. The quantitative estimate of drug-likeness (QED) is 0.530. The van der Waals surface area contributed by atoms with Gasteiger partial charge in [-0.1, -0.05) is 0 Å². The summed E-state index contributed by atoms with van der Waals surface area (Å²) in [5, 5.41) is 19.5. The monoisotopic (exact) mass is 240 g/mol. The molecule has 0 saturated carbocycles. The number of aliphatic hydroxyl groups excluding tert-OH is 1. The number of hydrogen-bond donors (Lipinski definition) is 4. The van der Waals surface area contributed by atoms with Crippen LogP contribution < -0.4 is 10.9 Å². The lowest BCUT2D eigenvalue weighted by Crippen LogP contribution is -2.38. The molecule has 0 aromatic carbocycles. The van der Waals surface area contributed by atoms with Crippen molar-refractivity contribution < 1.29 is 19.8 Å². The second-order valence-corrected chi connectivity index (χ2v) is 3.45. The van der Waals surface area contributed by atoms with Crippen molar-refractivity contribution in [2.75, 3.05) is 6.54 Å². The lowest BCUT2D eigenvalue weighted by Gasteiger charge is -2.07. The van der Waals surface area contributed by atoms with Gasteiger partial charge in [-0.2, -0.15) is 0 Å². The van der Waals surface area contributed by atoms with E-state index in [9.17, 15) is 14.4 Å². The fourth-order valence-corrected chi connectivity index (χ4v) is 1.12. The van der Waals surface area contributed by atoms with E-state index < -0.39 is 30.1 Å².